The highest BCUT2D eigenvalue weighted by Crippen LogP contribution is 2.21. The molecule has 3 nitrogen and oxygen atoms in total. The summed E-state index contributed by atoms with van der Waals surface area (Å²) in [7, 11) is 0. The molecule has 2 N–H and O–H groups in total. The number of benzene rings is 1. The molecule has 92 valence electrons. The normalized spacial score (nSPS) is 13.2. The van der Waals surface area contributed by atoms with Crippen molar-refractivity contribution in [2.24, 2.45) is 5.73 Å². The van der Waals surface area contributed by atoms with Gasteiger partial charge in [0.1, 0.15) is 5.82 Å². The van der Waals surface area contributed by atoms with Gasteiger partial charge in [0, 0.05) is 6.54 Å². The third-order valence-corrected chi connectivity index (χ3v) is 3.08. The Balaban J connectivity index is 2.54. The summed E-state index contributed by atoms with van der Waals surface area (Å²) in [6.45, 7) is 7.30. The van der Waals surface area contributed by atoms with Crippen LogP contribution in [-0.2, 0) is 6.54 Å². The van der Waals surface area contributed by atoms with Gasteiger partial charge in [-0.1, -0.05) is 19.4 Å². The predicted molar refractivity (Wildman–Crippen MR) is 72.0 cm³/mol. The van der Waals surface area contributed by atoms with Crippen LogP contribution in [0.3, 0.4) is 0 Å². The third kappa shape index (κ3) is 2.34. The van der Waals surface area contributed by atoms with E-state index in [1.54, 1.807) is 0 Å². The average molecular weight is 231 g/mol. The number of aromatic nitrogens is 2. The molecule has 3 heteroatoms. The zero-order valence-corrected chi connectivity index (χ0v) is 10.9. The second kappa shape index (κ2) is 4.88. The molecule has 1 aromatic carbocycles. The number of hydrogen-bond donors (Lipinski definition) is 1. The molecule has 17 heavy (non-hydrogen) atoms. The number of aryl methyl sites for hydroxylation is 2. The highest BCUT2D eigenvalue weighted by Gasteiger charge is 2.13. The van der Waals surface area contributed by atoms with E-state index in [9.17, 15) is 0 Å². The fourth-order valence-corrected chi connectivity index (χ4v) is 2.16. The lowest BCUT2D eigenvalue weighted by Crippen LogP contribution is -2.13. The van der Waals surface area contributed by atoms with E-state index in [1.165, 1.54) is 23.9 Å². The largest absolute Gasteiger partial charge is 0.327 e. The Bertz CT molecular complexity index is 511. The monoisotopic (exact) mass is 231 g/mol. The predicted octanol–water partition coefficient (Wildman–Crippen LogP) is 3.16. The Morgan fingerprint density at radius 2 is 2.18 bits per heavy atom. The van der Waals surface area contributed by atoms with E-state index in [1.807, 2.05) is 6.92 Å². The molecule has 0 fully saturated rings. The molecule has 0 amide bonds. The van der Waals surface area contributed by atoms with Crippen molar-refractivity contribution in [2.75, 3.05) is 0 Å². The summed E-state index contributed by atoms with van der Waals surface area (Å²) in [6.07, 6.45) is 2.35. The number of nitrogens with zero attached hydrogens (tertiary/aromatic N) is 2. The maximum atomic E-state index is 6.00. The highest BCUT2D eigenvalue weighted by molar-refractivity contribution is 5.77. The van der Waals surface area contributed by atoms with Crippen LogP contribution >= 0.6 is 0 Å². The molecule has 1 aromatic heterocycles. The van der Waals surface area contributed by atoms with Crippen LogP contribution in [0.5, 0.6) is 0 Å². The van der Waals surface area contributed by atoms with Crippen LogP contribution in [0, 0.1) is 6.92 Å². The standard InChI is InChI=1S/C14H21N3/c1-4-5-8-17-13-7-6-10(2)9-12(13)16-14(17)11(3)15/h6-7,9,11H,4-5,8,15H2,1-3H3. The first-order valence-corrected chi connectivity index (χ1v) is 6.36. The van der Waals surface area contributed by atoms with Gasteiger partial charge in [0.15, 0.2) is 0 Å². The van der Waals surface area contributed by atoms with Crippen molar-refractivity contribution < 1.29 is 0 Å². The minimum Gasteiger partial charge on any atom is -0.327 e. The lowest BCUT2D eigenvalue weighted by atomic mass is 10.2. The van der Waals surface area contributed by atoms with E-state index in [4.69, 9.17) is 5.73 Å². The maximum absolute atomic E-state index is 6.00. The van der Waals surface area contributed by atoms with Crippen molar-refractivity contribution in [3.8, 4) is 0 Å². The summed E-state index contributed by atoms with van der Waals surface area (Å²) in [5.74, 6) is 0.999. The minimum atomic E-state index is -0.0143. The van der Waals surface area contributed by atoms with Gasteiger partial charge < -0.3 is 10.3 Å². The number of fused-ring (bicyclic) bond motifs is 1. The van der Waals surface area contributed by atoms with E-state index in [2.05, 4.69) is 41.6 Å². The molecular formula is C14H21N3. The van der Waals surface area contributed by atoms with Crippen LogP contribution in [0.4, 0.5) is 0 Å². The molecule has 0 radical (unpaired) electrons. The summed E-state index contributed by atoms with van der Waals surface area (Å²) in [5, 5.41) is 0. The second-order valence-electron chi connectivity index (χ2n) is 4.76. The van der Waals surface area contributed by atoms with Gasteiger partial charge in [0.2, 0.25) is 0 Å². The number of imidazole rings is 1. The average Bonchev–Trinajstić information content (AvgIpc) is 2.64. The second-order valence-corrected chi connectivity index (χ2v) is 4.76. The molecule has 1 heterocycles. The summed E-state index contributed by atoms with van der Waals surface area (Å²) >= 11 is 0. The van der Waals surface area contributed by atoms with Crippen LogP contribution in [0.15, 0.2) is 18.2 Å². The van der Waals surface area contributed by atoms with Crippen molar-refractivity contribution in [1.82, 2.24) is 9.55 Å². The molecule has 2 aromatic rings. The van der Waals surface area contributed by atoms with Crippen LogP contribution < -0.4 is 5.73 Å². The molecule has 0 bridgehead atoms. The molecule has 1 atom stereocenters. The van der Waals surface area contributed by atoms with Gasteiger partial charge in [-0.2, -0.15) is 0 Å². The lowest BCUT2D eigenvalue weighted by molar-refractivity contribution is 0.588. The van der Waals surface area contributed by atoms with Gasteiger partial charge in [-0.3, -0.25) is 0 Å². The smallest absolute Gasteiger partial charge is 0.126 e. The summed E-state index contributed by atoms with van der Waals surface area (Å²) < 4.78 is 2.27. The first-order chi connectivity index (χ1) is 8.13. The number of nitrogens with two attached hydrogens (primary N) is 1. The van der Waals surface area contributed by atoms with Crippen molar-refractivity contribution in [3.05, 3.63) is 29.6 Å². The van der Waals surface area contributed by atoms with Crippen molar-refractivity contribution in [3.63, 3.8) is 0 Å². The Morgan fingerprint density at radius 3 is 2.82 bits per heavy atom. The Kier molecular flexibility index (Phi) is 3.48. The number of unbranched alkanes of at least 4 members (excludes halogenated alkanes) is 1. The zero-order chi connectivity index (χ0) is 12.4. The summed E-state index contributed by atoms with van der Waals surface area (Å²) in [4.78, 5) is 4.66. The quantitative estimate of drug-likeness (QED) is 0.878. The first kappa shape index (κ1) is 12.1. The van der Waals surface area contributed by atoms with E-state index >= 15 is 0 Å². The van der Waals surface area contributed by atoms with E-state index in [0.29, 0.717) is 0 Å². The molecule has 0 saturated heterocycles. The molecular weight excluding hydrogens is 210 g/mol. The number of rotatable bonds is 4. The van der Waals surface area contributed by atoms with Crippen molar-refractivity contribution >= 4 is 11.0 Å². The molecule has 0 aliphatic carbocycles. The molecule has 0 aliphatic rings. The van der Waals surface area contributed by atoms with Gasteiger partial charge >= 0.3 is 0 Å². The molecule has 2 rings (SSSR count). The lowest BCUT2D eigenvalue weighted by Gasteiger charge is -2.10. The molecule has 0 saturated carbocycles. The van der Waals surface area contributed by atoms with Crippen molar-refractivity contribution in [1.29, 1.82) is 0 Å². The van der Waals surface area contributed by atoms with E-state index in [0.717, 1.165) is 17.9 Å². The summed E-state index contributed by atoms with van der Waals surface area (Å²) in [5.41, 5.74) is 9.52. The first-order valence-electron chi connectivity index (χ1n) is 6.36. The highest BCUT2D eigenvalue weighted by atomic mass is 15.1. The Labute approximate surface area is 103 Å². The van der Waals surface area contributed by atoms with Gasteiger partial charge in [-0.15, -0.1) is 0 Å². The topological polar surface area (TPSA) is 43.8 Å². The third-order valence-electron chi connectivity index (χ3n) is 3.08. The minimum absolute atomic E-state index is 0.0143. The summed E-state index contributed by atoms with van der Waals surface area (Å²) in [6, 6.07) is 6.40. The SMILES string of the molecule is CCCCn1c(C(C)N)nc2cc(C)ccc21. The maximum Gasteiger partial charge on any atom is 0.126 e. The van der Waals surface area contributed by atoms with Gasteiger partial charge in [-0.25, -0.2) is 4.98 Å². The van der Waals surface area contributed by atoms with Crippen LogP contribution in [0.25, 0.3) is 11.0 Å². The molecule has 0 aliphatic heterocycles. The zero-order valence-electron chi connectivity index (χ0n) is 10.9. The van der Waals surface area contributed by atoms with E-state index in [-0.39, 0.29) is 6.04 Å². The van der Waals surface area contributed by atoms with Crippen molar-refractivity contribution in [2.45, 2.75) is 46.2 Å². The molecule has 0 spiro atoms. The Morgan fingerprint density at radius 1 is 1.41 bits per heavy atom. The van der Waals surface area contributed by atoms with E-state index < -0.39 is 0 Å². The number of hydrogen-bond acceptors (Lipinski definition) is 2. The van der Waals surface area contributed by atoms with Gasteiger partial charge in [0.25, 0.3) is 0 Å². The Hall–Kier alpha value is -1.35. The van der Waals surface area contributed by atoms with Gasteiger partial charge in [-0.05, 0) is 38.0 Å². The van der Waals surface area contributed by atoms with Crippen LogP contribution in [-0.4, -0.2) is 9.55 Å². The van der Waals surface area contributed by atoms with Crippen LogP contribution in [0.2, 0.25) is 0 Å². The van der Waals surface area contributed by atoms with Crippen LogP contribution in [0.1, 0.15) is 44.1 Å². The fourth-order valence-electron chi connectivity index (χ4n) is 2.16. The fraction of sp³-hybridized carbons (Fsp3) is 0.500. The molecule has 1 unspecified atom stereocenters. The van der Waals surface area contributed by atoms with Gasteiger partial charge in [0.05, 0.1) is 17.1 Å².